The fraction of sp³-hybridized carbons (Fsp3) is 0.280. The number of rotatable bonds is 6. The maximum absolute atomic E-state index is 13.3. The molecule has 0 radical (unpaired) electrons. The average molecular weight is 458 g/mol. The summed E-state index contributed by atoms with van der Waals surface area (Å²) < 4.78 is 57.4. The van der Waals surface area contributed by atoms with E-state index in [2.05, 4.69) is 0 Å². The number of para-hydroxylation sites is 1. The van der Waals surface area contributed by atoms with Crippen molar-refractivity contribution < 1.29 is 32.1 Å². The van der Waals surface area contributed by atoms with Crippen molar-refractivity contribution in [1.82, 2.24) is 0 Å². The van der Waals surface area contributed by atoms with Gasteiger partial charge in [0.25, 0.3) is 0 Å². The summed E-state index contributed by atoms with van der Waals surface area (Å²) in [5.74, 6) is 0.963. The molecule has 1 fully saturated rings. The molecular weight excluding hydrogens is 435 g/mol. The van der Waals surface area contributed by atoms with Crippen LogP contribution in [0.1, 0.15) is 34.2 Å². The van der Waals surface area contributed by atoms with E-state index in [0.717, 1.165) is 17.7 Å². The zero-order chi connectivity index (χ0) is 23.8. The molecule has 1 heterocycles. The lowest BCUT2D eigenvalue weighted by Crippen LogP contribution is -2.53. The van der Waals surface area contributed by atoms with Crippen LogP contribution in [0.5, 0.6) is 17.2 Å². The van der Waals surface area contributed by atoms with Crippen molar-refractivity contribution in [2.75, 3.05) is 14.2 Å². The Morgan fingerprint density at radius 2 is 1.55 bits per heavy atom. The third-order valence-corrected chi connectivity index (χ3v) is 5.86. The van der Waals surface area contributed by atoms with Crippen LogP contribution in [0.3, 0.4) is 0 Å². The van der Waals surface area contributed by atoms with Crippen LogP contribution in [0.2, 0.25) is 0 Å². The number of hydrogen-bond donors (Lipinski definition) is 0. The van der Waals surface area contributed by atoms with Gasteiger partial charge in [0, 0.05) is 15.2 Å². The molecule has 0 aliphatic carbocycles. The van der Waals surface area contributed by atoms with Crippen molar-refractivity contribution in [2.45, 2.75) is 31.3 Å². The Morgan fingerprint density at radius 3 is 2.21 bits per heavy atom. The molecular formula is C25H23F3NO4+. The number of hydrogen-bond acceptors (Lipinski definition) is 4. The van der Waals surface area contributed by atoms with E-state index in [9.17, 15) is 18.1 Å². The number of benzene rings is 3. The minimum atomic E-state index is -4.51. The Morgan fingerprint density at radius 1 is 0.818 bits per heavy atom. The van der Waals surface area contributed by atoms with Gasteiger partial charge in [-0.2, -0.15) is 13.2 Å². The topological polar surface area (TPSA) is 47.8 Å². The number of ether oxygens (including phenoxy) is 3. The minimum absolute atomic E-state index is 0.268. The molecule has 0 aromatic heterocycles. The lowest BCUT2D eigenvalue weighted by atomic mass is 9.78. The zero-order valence-electron chi connectivity index (χ0n) is 18.3. The highest BCUT2D eigenvalue weighted by atomic mass is 19.4. The summed E-state index contributed by atoms with van der Waals surface area (Å²) >= 11 is 0. The molecule has 3 aromatic carbocycles. The van der Waals surface area contributed by atoms with E-state index in [0.29, 0.717) is 27.6 Å². The van der Waals surface area contributed by atoms with Crippen LogP contribution in [0.4, 0.5) is 13.2 Å². The first-order chi connectivity index (χ1) is 15.7. The normalized spacial score (nSPS) is 20.2. The van der Waals surface area contributed by atoms with Crippen molar-refractivity contribution in [3.8, 4) is 17.2 Å². The van der Waals surface area contributed by atoms with E-state index < -0.39 is 29.9 Å². The van der Waals surface area contributed by atoms with Crippen molar-refractivity contribution in [3.63, 3.8) is 0 Å². The van der Waals surface area contributed by atoms with Crippen molar-refractivity contribution in [3.05, 3.63) is 93.9 Å². The van der Waals surface area contributed by atoms with E-state index in [1.54, 1.807) is 30.3 Å². The lowest BCUT2D eigenvalue weighted by Gasteiger charge is -2.35. The van der Waals surface area contributed by atoms with E-state index in [-0.39, 0.29) is 5.56 Å². The van der Waals surface area contributed by atoms with E-state index in [1.807, 2.05) is 19.1 Å². The number of halogens is 3. The molecule has 172 valence electrons. The molecule has 4 rings (SSSR count). The second-order valence-electron chi connectivity index (χ2n) is 7.84. The SMILES string of the molecule is COc1ccc(C2C(Oc3ccccc3C)[N+](=O)C2c2cccc(C(F)(F)F)c2)cc1OC. The Kier molecular flexibility index (Phi) is 6.01. The molecule has 1 saturated heterocycles. The van der Waals surface area contributed by atoms with Gasteiger partial charge in [-0.15, -0.1) is 0 Å². The maximum atomic E-state index is 13.3. The number of methoxy groups -OCH3 is 2. The molecule has 1 aliphatic rings. The van der Waals surface area contributed by atoms with Crippen molar-refractivity contribution in [1.29, 1.82) is 0 Å². The molecule has 0 amide bonds. The van der Waals surface area contributed by atoms with Gasteiger partial charge in [-0.05, 0) is 48.4 Å². The highest BCUT2D eigenvalue weighted by Crippen LogP contribution is 2.50. The highest BCUT2D eigenvalue weighted by molar-refractivity contribution is 5.46. The fourth-order valence-corrected chi connectivity index (χ4v) is 4.13. The second kappa shape index (κ2) is 8.77. The fourth-order valence-electron chi connectivity index (χ4n) is 4.13. The molecule has 0 spiro atoms. The predicted octanol–water partition coefficient (Wildman–Crippen LogP) is 6.05. The molecule has 1 aliphatic heterocycles. The Balaban J connectivity index is 1.77. The Hall–Kier alpha value is -3.55. The van der Waals surface area contributed by atoms with Gasteiger partial charge in [-0.25, -0.2) is 0 Å². The molecule has 3 aromatic rings. The third kappa shape index (κ3) is 4.25. The number of nitroso groups, excluding NO2 is 1. The van der Waals surface area contributed by atoms with Gasteiger partial charge in [0.1, 0.15) is 5.75 Å². The summed E-state index contributed by atoms with van der Waals surface area (Å²) in [7, 11) is 3.00. The average Bonchev–Trinajstić information content (AvgIpc) is 2.80. The van der Waals surface area contributed by atoms with Gasteiger partial charge in [-0.1, -0.05) is 36.4 Å². The van der Waals surface area contributed by atoms with Crippen molar-refractivity contribution in [2.24, 2.45) is 0 Å². The molecule has 0 bridgehead atoms. The molecule has 3 unspecified atom stereocenters. The van der Waals surface area contributed by atoms with Crippen LogP contribution in [-0.4, -0.2) is 25.2 Å². The number of alkyl halides is 3. The molecule has 3 atom stereocenters. The van der Waals surface area contributed by atoms with E-state index in [1.165, 1.54) is 26.4 Å². The van der Waals surface area contributed by atoms with Crippen LogP contribution in [0, 0.1) is 11.8 Å². The smallest absolute Gasteiger partial charge is 0.416 e. The standard InChI is InChI=1S/C25H23F3NO4/c1-15-7-4-5-10-19(15)33-24-22(16-11-12-20(31-2)21(14-16)32-3)23(29(24)30)17-8-6-9-18(13-17)25(26,27)28/h4-14,22-24H,1-3H3/q+1. The van der Waals surface area contributed by atoms with Gasteiger partial charge in [0.05, 0.1) is 19.8 Å². The first-order valence-electron chi connectivity index (χ1n) is 10.3. The summed E-state index contributed by atoms with van der Waals surface area (Å²) in [6.07, 6.45) is -5.44. The summed E-state index contributed by atoms with van der Waals surface area (Å²) in [5.41, 5.74) is 1.01. The number of nitrogens with zero attached hydrogens (tertiary/aromatic N) is 1. The van der Waals surface area contributed by atoms with Gasteiger partial charge in [-0.3, -0.25) is 0 Å². The van der Waals surface area contributed by atoms with Crippen LogP contribution in [0.25, 0.3) is 0 Å². The Bertz CT molecular complexity index is 1180. The molecule has 33 heavy (non-hydrogen) atoms. The zero-order valence-corrected chi connectivity index (χ0v) is 18.3. The lowest BCUT2D eigenvalue weighted by molar-refractivity contribution is -0.729. The molecule has 0 N–H and O–H groups in total. The summed E-state index contributed by atoms with van der Waals surface area (Å²) in [4.78, 5) is 13.2. The highest BCUT2D eigenvalue weighted by Gasteiger charge is 2.62. The van der Waals surface area contributed by atoms with Gasteiger partial charge < -0.3 is 14.2 Å². The Labute approximate surface area is 189 Å². The van der Waals surface area contributed by atoms with Gasteiger partial charge in [0.2, 0.25) is 6.04 Å². The third-order valence-electron chi connectivity index (χ3n) is 5.86. The summed E-state index contributed by atoms with van der Waals surface area (Å²) in [6.45, 7) is 1.86. The van der Waals surface area contributed by atoms with E-state index >= 15 is 0 Å². The summed E-state index contributed by atoms with van der Waals surface area (Å²) in [6, 6.07) is 16.5. The van der Waals surface area contributed by atoms with Gasteiger partial charge in [0.15, 0.2) is 17.4 Å². The van der Waals surface area contributed by atoms with Gasteiger partial charge >= 0.3 is 12.4 Å². The second-order valence-corrected chi connectivity index (χ2v) is 7.84. The monoisotopic (exact) mass is 458 g/mol. The van der Waals surface area contributed by atoms with Crippen LogP contribution < -0.4 is 14.2 Å². The van der Waals surface area contributed by atoms with Crippen LogP contribution in [0.15, 0.2) is 66.7 Å². The maximum Gasteiger partial charge on any atom is 0.416 e. The van der Waals surface area contributed by atoms with Crippen molar-refractivity contribution >= 4 is 0 Å². The first-order valence-corrected chi connectivity index (χ1v) is 10.3. The minimum Gasteiger partial charge on any atom is -0.493 e. The molecule has 8 heteroatoms. The molecule has 5 nitrogen and oxygen atoms in total. The first kappa shape index (κ1) is 22.6. The largest absolute Gasteiger partial charge is 0.493 e. The molecule has 0 saturated carbocycles. The van der Waals surface area contributed by atoms with E-state index in [4.69, 9.17) is 14.2 Å². The quantitative estimate of drug-likeness (QED) is 0.422. The van der Waals surface area contributed by atoms with Crippen LogP contribution in [-0.2, 0) is 6.18 Å². The van der Waals surface area contributed by atoms with Crippen LogP contribution >= 0.6 is 0 Å². The summed E-state index contributed by atoms with van der Waals surface area (Å²) in [5, 5.41) is 0. The predicted molar refractivity (Wildman–Crippen MR) is 116 cm³/mol. The number of aryl methyl sites for hydroxylation is 1.